The van der Waals surface area contributed by atoms with Crippen LogP contribution in [0, 0.1) is 13.8 Å². The van der Waals surface area contributed by atoms with Gasteiger partial charge in [0.05, 0.1) is 5.69 Å². The molecule has 0 aliphatic heterocycles. The summed E-state index contributed by atoms with van der Waals surface area (Å²) in [4.78, 5) is 29.4. The number of amides is 1. The second-order valence-electron chi connectivity index (χ2n) is 5.22. The van der Waals surface area contributed by atoms with Crippen molar-refractivity contribution in [2.45, 2.75) is 13.8 Å². The number of aryl methyl sites for hydroxylation is 2. The number of rotatable bonds is 2. The van der Waals surface area contributed by atoms with E-state index in [2.05, 4.69) is 26.2 Å². The standard InChI is InChI=1S/C17H14BrN3O2/c1-10-4-3-9-21-15(10)19-11(2)14(17(21)23)20-16(22)12-5-7-13(18)8-6-12/h3-9H,1-2H3,(H,20,22). The van der Waals surface area contributed by atoms with Crippen LogP contribution in [0.4, 0.5) is 5.69 Å². The van der Waals surface area contributed by atoms with Crippen molar-refractivity contribution in [3.8, 4) is 0 Å². The molecule has 0 spiro atoms. The molecule has 2 aromatic heterocycles. The molecule has 6 heteroatoms. The van der Waals surface area contributed by atoms with Crippen LogP contribution >= 0.6 is 15.9 Å². The van der Waals surface area contributed by atoms with Crippen LogP contribution in [0.2, 0.25) is 0 Å². The first-order valence-corrected chi connectivity index (χ1v) is 7.82. The van der Waals surface area contributed by atoms with Gasteiger partial charge in [-0.1, -0.05) is 22.0 Å². The zero-order valence-electron chi connectivity index (χ0n) is 12.6. The van der Waals surface area contributed by atoms with Gasteiger partial charge < -0.3 is 5.32 Å². The molecule has 23 heavy (non-hydrogen) atoms. The number of anilines is 1. The Bertz CT molecular complexity index is 962. The second-order valence-corrected chi connectivity index (χ2v) is 6.14. The van der Waals surface area contributed by atoms with Crippen molar-refractivity contribution in [3.63, 3.8) is 0 Å². The van der Waals surface area contributed by atoms with E-state index in [1.807, 2.05) is 13.0 Å². The van der Waals surface area contributed by atoms with Gasteiger partial charge in [-0.15, -0.1) is 0 Å². The van der Waals surface area contributed by atoms with Crippen molar-refractivity contribution >= 4 is 33.2 Å². The number of halogens is 1. The molecule has 0 atom stereocenters. The van der Waals surface area contributed by atoms with Gasteiger partial charge in [-0.25, -0.2) is 4.98 Å². The van der Waals surface area contributed by atoms with E-state index in [9.17, 15) is 9.59 Å². The van der Waals surface area contributed by atoms with Crippen molar-refractivity contribution < 1.29 is 4.79 Å². The first kappa shape index (κ1) is 15.4. The third-order valence-electron chi connectivity index (χ3n) is 3.58. The molecule has 0 aliphatic carbocycles. The third kappa shape index (κ3) is 2.90. The van der Waals surface area contributed by atoms with Gasteiger partial charge >= 0.3 is 0 Å². The van der Waals surface area contributed by atoms with Crippen LogP contribution in [0.15, 0.2) is 51.9 Å². The number of fused-ring (bicyclic) bond motifs is 1. The molecule has 3 aromatic rings. The van der Waals surface area contributed by atoms with Crippen LogP contribution in [-0.2, 0) is 0 Å². The number of nitrogens with zero attached hydrogens (tertiary/aromatic N) is 2. The minimum Gasteiger partial charge on any atom is -0.316 e. The third-order valence-corrected chi connectivity index (χ3v) is 4.10. The Morgan fingerprint density at radius 1 is 1.17 bits per heavy atom. The van der Waals surface area contributed by atoms with E-state index in [0.717, 1.165) is 10.0 Å². The lowest BCUT2D eigenvalue weighted by molar-refractivity contribution is 0.102. The van der Waals surface area contributed by atoms with Crippen LogP contribution in [0.1, 0.15) is 21.6 Å². The van der Waals surface area contributed by atoms with Gasteiger partial charge in [-0.2, -0.15) is 0 Å². The summed E-state index contributed by atoms with van der Waals surface area (Å²) in [7, 11) is 0. The lowest BCUT2D eigenvalue weighted by Crippen LogP contribution is -2.25. The van der Waals surface area contributed by atoms with E-state index < -0.39 is 0 Å². The lowest BCUT2D eigenvalue weighted by Gasteiger charge is -2.10. The molecule has 0 fully saturated rings. The van der Waals surface area contributed by atoms with Crippen molar-refractivity contribution in [2.75, 3.05) is 5.32 Å². The molecule has 1 aromatic carbocycles. The van der Waals surface area contributed by atoms with E-state index in [1.54, 1.807) is 43.5 Å². The Kier molecular flexibility index (Phi) is 4.00. The van der Waals surface area contributed by atoms with Crippen LogP contribution in [-0.4, -0.2) is 15.3 Å². The molecule has 1 N–H and O–H groups in total. The van der Waals surface area contributed by atoms with E-state index in [-0.39, 0.29) is 17.2 Å². The Labute approximate surface area is 141 Å². The predicted molar refractivity (Wildman–Crippen MR) is 93.0 cm³/mol. The average molecular weight is 372 g/mol. The molecule has 0 saturated carbocycles. The van der Waals surface area contributed by atoms with Crippen molar-refractivity contribution in [1.82, 2.24) is 9.38 Å². The highest BCUT2D eigenvalue weighted by molar-refractivity contribution is 9.10. The largest absolute Gasteiger partial charge is 0.316 e. The van der Waals surface area contributed by atoms with Crippen LogP contribution < -0.4 is 10.9 Å². The van der Waals surface area contributed by atoms with E-state index in [1.165, 1.54) is 4.40 Å². The van der Waals surface area contributed by atoms with Gasteiger partial charge in [0, 0.05) is 16.2 Å². The topological polar surface area (TPSA) is 63.5 Å². The summed E-state index contributed by atoms with van der Waals surface area (Å²) < 4.78 is 2.33. The Morgan fingerprint density at radius 3 is 2.57 bits per heavy atom. The minimum absolute atomic E-state index is 0.195. The molecular formula is C17H14BrN3O2. The van der Waals surface area contributed by atoms with Crippen molar-refractivity contribution in [3.05, 3.63) is 74.2 Å². The smallest absolute Gasteiger partial charge is 0.281 e. The number of hydrogen-bond acceptors (Lipinski definition) is 3. The van der Waals surface area contributed by atoms with Gasteiger partial charge in [0.1, 0.15) is 11.3 Å². The molecule has 0 bridgehead atoms. The fourth-order valence-corrected chi connectivity index (χ4v) is 2.60. The molecule has 0 saturated heterocycles. The maximum absolute atomic E-state index is 12.6. The number of benzene rings is 1. The van der Waals surface area contributed by atoms with Gasteiger partial charge in [0.2, 0.25) is 0 Å². The number of nitrogens with one attached hydrogen (secondary N) is 1. The summed E-state index contributed by atoms with van der Waals surface area (Å²) in [5.74, 6) is -0.341. The SMILES string of the molecule is Cc1nc2c(C)cccn2c(=O)c1NC(=O)c1ccc(Br)cc1. The maximum Gasteiger partial charge on any atom is 0.281 e. The van der Waals surface area contributed by atoms with E-state index in [0.29, 0.717) is 16.9 Å². The number of hydrogen-bond donors (Lipinski definition) is 1. The summed E-state index contributed by atoms with van der Waals surface area (Å²) in [6, 6.07) is 10.6. The predicted octanol–water partition coefficient (Wildman–Crippen LogP) is 3.33. The normalized spacial score (nSPS) is 10.7. The molecule has 2 heterocycles. The highest BCUT2D eigenvalue weighted by Gasteiger charge is 2.14. The van der Waals surface area contributed by atoms with Crippen LogP contribution in [0.25, 0.3) is 5.65 Å². The summed E-state index contributed by atoms with van der Waals surface area (Å²) in [5.41, 5.74) is 2.37. The second kappa shape index (κ2) is 5.96. The first-order valence-electron chi connectivity index (χ1n) is 7.03. The Hall–Kier alpha value is -2.47. The summed E-state index contributed by atoms with van der Waals surface area (Å²) in [6.07, 6.45) is 1.65. The highest BCUT2D eigenvalue weighted by atomic mass is 79.9. The monoisotopic (exact) mass is 371 g/mol. The number of aromatic nitrogens is 2. The van der Waals surface area contributed by atoms with Crippen LogP contribution in [0.5, 0.6) is 0 Å². The Balaban J connectivity index is 2.05. The fraction of sp³-hybridized carbons (Fsp3) is 0.118. The van der Waals surface area contributed by atoms with Gasteiger partial charge in [0.15, 0.2) is 0 Å². The summed E-state index contributed by atoms with van der Waals surface area (Å²) in [6.45, 7) is 3.60. The minimum atomic E-state index is -0.341. The molecule has 0 unspecified atom stereocenters. The highest BCUT2D eigenvalue weighted by Crippen LogP contribution is 2.14. The maximum atomic E-state index is 12.6. The van der Waals surface area contributed by atoms with Gasteiger partial charge in [-0.3, -0.25) is 14.0 Å². The molecule has 116 valence electrons. The molecule has 5 nitrogen and oxygen atoms in total. The summed E-state index contributed by atoms with van der Waals surface area (Å²) in [5, 5.41) is 2.68. The quantitative estimate of drug-likeness (QED) is 0.751. The molecule has 0 radical (unpaired) electrons. The van der Waals surface area contributed by atoms with Crippen LogP contribution in [0.3, 0.4) is 0 Å². The van der Waals surface area contributed by atoms with Gasteiger partial charge in [0.25, 0.3) is 11.5 Å². The molecule has 1 amide bonds. The zero-order valence-corrected chi connectivity index (χ0v) is 14.2. The number of carbonyl (C=O) groups is 1. The molecular weight excluding hydrogens is 358 g/mol. The van der Waals surface area contributed by atoms with Crippen molar-refractivity contribution in [2.24, 2.45) is 0 Å². The zero-order chi connectivity index (χ0) is 16.6. The molecule has 0 aliphatic rings. The van der Waals surface area contributed by atoms with E-state index >= 15 is 0 Å². The number of carbonyl (C=O) groups excluding carboxylic acids is 1. The first-order chi connectivity index (χ1) is 11.0. The fourth-order valence-electron chi connectivity index (χ4n) is 2.34. The van der Waals surface area contributed by atoms with Crippen molar-refractivity contribution in [1.29, 1.82) is 0 Å². The number of pyridine rings is 1. The van der Waals surface area contributed by atoms with E-state index in [4.69, 9.17) is 0 Å². The summed E-state index contributed by atoms with van der Waals surface area (Å²) >= 11 is 3.32. The Morgan fingerprint density at radius 2 is 1.87 bits per heavy atom. The van der Waals surface area contributed by atoms with Gasteiger partial charge in [-0.05, 0) is 49.7 Å². The average Bonchev–Trinajstić information content (AvgIpc) is 2.53. The molecule has 3 rings (SSSR count). The lowest BCUT2D eigenvalue weighted by atomic mass is 10.2.